The number of rotatable bonds is 10. The number of ether oxygens (including phenoxy) is 2. The van der Waals surface area contributed by atoms with Gasteiger partial charge in [-0.25, -0.2) is 27.6 Å². The van der Waals surface area contributed by atoms with Gasteiger partial charge in [-0.05, 0) is 45.0 Å². The zero-order valence-corrected chi connectivity index (χ0v) is 27.7. The van der Waals surface area contributed by atoms with E-state index in [0.717, 1.165) is 11.4 Å². The molecule has 0 aliphatic carbocycles. The van der Waals surface area contributed by atoms with E-state index in [-0.39, 0.29) is 18.0 Å². The van der Waals surface area contributed by atoms with Crippen molar-refractivity contribution in [2.45, 2.75) is 74.7 Å². The molecule has 4 aromatic rings. The fourth-order valence-electron chi connectivity index (χ4n) is 5.05. The highest BCUT2D eigenvalue weighted by atomic mass is 32.2. The molecule has 0 N–H and O–H groups in total. The van der Waals surface area contributed by atoms with Gasteiger partial charge in [0.1, 0.15) is 29.8 Å². The van der Waals surface area contributed by atoms with Gasteiger partial charge in [-0.3, -0.25) is 4.68 Å². The summed E-state index contributed by atoms with van der Waals surface area (Å²) in [6.45, 7) is 12.6. The molecule has 14 heteroatoms. The smallest absolute Gasteiger partial charge is 0.410 e. The third-order valence-corrected chi connectivity index (χ3v) is 11.1. The number of benzene rings is 1. The van der Waals surface area contributed by atoms with Crippen molar-refractivity contribution in [1.82, 2.24) is 29.2 Å². The minimum absolute atomic E-state index is 0.152. The Hall–Kier alpha value is -3.62. The lowest BCUT2D eigenvalue weighted by molar-refractivity contribution is -0.0489. The van der Waals surface area contributed by atoms with E-state index >= 15 is 4.39 Å². The number of fused-ring (bicyclic) bond motifs is 1. The number of hydrogen-bond acceptors (Lipinski definition) is 8. The van der Waals surface area contributed by atoms with E-state index in [9.17, 15) is 13.2 Å². The Morgan fingerprint density at radius 3 is 2.48 bits per heavy atom. The molecule has 1 aromatic carbocycles. The molecule has 1 aliphatic heterocycles. The van der Waals surface area contributed by atoms with E-state index in [0.29, 0.717) is 30.2 Å². The monoisotopic (exact) mass is 642 g/mol. The third kappa shape index (κ3) is 6.42. The molecule has 0 radical (unpaired) electrons. The summed E-state index contributed by atoms with van der Waals surface area (Å²) in [5.41, 5.74) is -3.08. The van der Waals surface area contributed by atoms with Crippen LogP contribution in [0.5, 0.6) is 0 Å². The van der Waals surface area contributed by atoms with Gasteiger partial charge in [-0.2, -0.15) is 5.10 Å². The van der Waals surface area contributed by atoms with Gasteiger partial charge in [0.25, 0.3) is 0 Å². The number of carbonyl (C=O) groups is 1. The van der Waals surface area contributed by atoms with E-state index in [2.05, 4.69) is 34.7 Å². The summed E-state index contributed by atoms with van der Waals surface area (Å²) in [6.07, 6.45) is 5.75. The van der Waals surface area contributed by atoms with E-state index in [4.69, 9.17) is 9.47 Å². The van der Waals surface area contributed by atoms with Crippen molar-refractivity contribution >= 4 is 35.0 Å². The average molecular weight is 643 g/mol. The Morgan fingerprint density at radius 1 is 1.11 bits per heavy atom. The van der Waals surface area contributed by atoms with Gasteiger partial charge in [0.2, 0.25) is 15.3 Å². The van der Waals surface area contributed by atoms with Crippen LogP contribution in [0.2, 0.25) is 25.7 Å². The number of amides is 1. The van der Waals surface area contributed by atoms with Gasteiger partial charge in [-0.15, -0.1) is 0 Å². The van der Waals surface area contributed by atoms with Gasteiger partial charge >= 0.3 is 6.09 Å². The molecule has 1 atom stereocenters. The maximum atomic E-state index is 16.4. The second-order valence-corrected chi connectivity index (χ2v) is 21.0. The summed E-state index contributed by atoms with van der Waals surface area (Å²) in [6, 6.07) is 10.4. The fraction of sp³-hybridized carbons (Fsp3) is 0.467. The van der Waals surface area contributed by atoms with Crippen LogP contribution >= 0.6 is 0 Å². The number of aromatic nitrogens is 5. The van der Waals surface area contributed by atoms with Crippen molar-refractivity contribution < 1.29 is 27.1 Å². The highest BCUT2D eigenvalue weighted by Crippen LogP contribution is 2.40. The highest BCUT2D eigenvalue weighted by molar-refractivity contribution is 7.92. The van der Waals surface area contributed by atoms with Crippen LogP contribution in [0.1, 0.15) is 20.8 Å². The van der Waals surface area contributed by atoms with Crippen LogP contribution in [0.25, 0.3) is 22.3 Å². The Bertz CT molecular complexity index is 1740. The summed E-state index contributed by atoms with van der Waals surface area (Å²) < 4.78 is 58.0. The van der Waals surface area contributed by atoms with Gasteiger partial charge < -0.3 is 18.9 Å². The van der Waals surface area contributed by atoms with E-state index in [1.165, 1.54) is 46.4 Å². The molecular formula is C30H39FN6O5SSi. The van der Waals surface area contributed by atoms with Crippen LogP contribution in [0.4, 0.5) is 9.18 Å². The van der Waals surface area contributed by atoms with Crippen molar-refractivity contribution in [3.63, 3.8) is 0 Å². The lowest BCUT2D eigenvalue weighted by Crippen LogP contribution is -2.70. The first-order chi connectivity index (χ1) is 20.6. The average Bonchev–Trinajstić information content (AvgIpc) is 3.57. The summed E-state index contributed by atoms with van der Waals surface area (Å²) in [7, 11) is -5.66. The van der Waals surface area contributed by atoms with Crippen LogP contribution in [0, 0.1) is 0 Å². The summed E-state index contributed by atoms with van der Waals surface area (Å²) in [4.78, 5) is 22.8. The molecule has 0 saturated carbocycles. The first-order valence-corrected chi connectivity index (χ1v) is 19.7. The molecule has 5 rings (SSSR count). The summed E-state index contributed by atoms with van der Waals surface area (Å²) in [5.74, 6) is 0. The lowest BCUT2D eigenvalue weighted by atomic mass is 9.91. The molecule has 11 nitrogen and oxygen atoms in total. The Morgan fingerprint density at radius 2 is 1.82 bits per heavy atom. The number of halogens is 1. The molecule has 1 aliphatic rings. The standard InChI is InChI=1S/C30H39FN6O5SSi/c1-29(2,3)42-28(38)36-18-30(19-36,27(31)43(39,40)23-10-8-7-9-11-23)37-17-22(16-34-37)25-24-12-13-35(26(24)33-20-32-25)21-41-14-15-44(4,5)6/h7-13,16-17,20,27H,14-15,18-19,21H2,1-6H3. The SMILES string of the molecule is CC(C)(C)OC(=O)N1CC(C(F)S(=O)(=O)c2ccccc2)(n2cc(-c3ncnc4c3ccn4COCC[Si](C)(C)C)cn2)C1. The molecule has 44 heavy (non-hydrogen) atoms. The normalized spacial score (nSPS) is 16.1. The zero-order chi connectivity index (χ0) is 31.9. The predicted octanol–water partition coefficient (Wildman–Crippen LogP) is 5.32. The molecule has 1 saturated heterocycles. The van der Waals surface area contributed by atoms with Crippen LogP contribution in [-0.2, 0) is 31.6 Å². The van der Waals surface area contributed by atoms with Crippen LogP contribution < -0.4 is 0 Å². The number of carbonyl (C=O) groups excluding carboxylic acids is 1. The molecule has 1 amide bonds. The third-order valence-electron chi connectivity index (χ3n) is 7.44. The maximum Gasteiger partial charge on any atom is 0.410 e. The van der Waals surface area contributed by atoms with E-state index in [1.54, 1.807) is 33.0 Å². The van der Waals surface area contributed by atoms with Gasteiger partial charge in [0.05, 0.1) is 29.9 Å². The number of nitrogens with zero attached hydrogens (tertiary/aromatic N) is 6. The second-order valence-electron chi connectivity index (χ2n) is 13.4. The number of sulfone groups is 1. The first kappa shape index (κ1) is 31.8. The van der Waals surface area contributed by atoms with Crippen LogP contribution in [-0.4, -0.2) is 82.6 Å². The van der Waals surface area contributed by atoms with Crippen molar-refractivity contribution in [2.24, 2.45) is 0 Å². The second kappa shape index (κ2) is 11.7. The molecule has 1 unspecified atom stereocenters. The largest absolute Gasteiger partial charge is 0.444 e. The Balaban J connectivity index is 1.45. The minimum atomic E-state index is -4.44. The quantitative estimate of drug-likeness (QED) is 0.168. The molecule has 0 spiro atoms. The summed E-state index contributed by atoms with van der Waals surface area (Å²) in [5, 5.41) is 5.17. The predicted molar refractivity (Wildman–Crippen MR) is 167 cm³/mol. The Kier molecular flexibility index (Phi) is 8.46. The van der Waals surface area contributed by atoms with E-state index < -0.39 is 40.6 Å². The fourth-order valence-corrected chi connectivity index (χ4v) is 7.42. The van der Waals surface area contributed by atoms with Crippen molar-refractivity contribution in [2.75, 3.05) is 19.7 Å². The maximum absolute atomic E-state index is 16.4. The zero-order valence-electron chi connectivity index (χ0n) is 25.9. The van der Waals surface area contributed by atoms with E-state index in [1.807, 2.05) is 16.8 Å². The lowest BCUT2D eigenvalue weighted by Gasteiger charge is -2.50. The molecule has 0 bridgehead atoms. The first-order valence-electron chi connectivity index (χ1n) is 14.4. The number of alkyl halides is 1. The van der Waals surface area contributed by atoms with Crippen molar-refractivity contribution in [1.29, 1.82) is 0 Å². The molecule has 236 valence electrons. The molecular weight excluding hydrogens is 604 g/mol. The number of hydrogen-bond donors (Lipinski definition) is 0. The molecule has 3 aromatic heterocycles. The van der Waals surface area contributed by atoms with Gasteiger partial charge in [0, 0.05) is 38.0 Å². The molecule has 1 fully saturated rings. The van der Waals surface area contributed by atoms with Gasteiger partial charge in [0.15, 0.2) is 0 Å². The minimum Gasteiger partial charge on any atom is -0.444 e. The Labute approximate surface area is 257 Å². The summed E-state index contributed by atoms with van der Waals surface area (Å²) >= 11 is 0. The van der Waals surface area contributed by atoms with Crippen molar-refractivity contribution in [3.8, 4) is 11.3 Å². The number of likely N-dealkylation sites (tertiary alicyclic amines) is 1. The van der Waals surface area contributed by atoms with Crippen LogP contribution in [0.15, 0.2) is 66.2 Å². The van der Waals surface area contributed by atoms with Crippen LogP contribution in [0.3, 0.4) is 0 Å². The van der Waals surface area contributed by atoms with Gasteiger partial charge in [-0.1, -0.05) is 37.8 Å². The van der Waals surface area contributed by atoms with Crippen molar-refractivity contribution in [3.05, 3.63) is 61.3 Å². The highest BCUT2D eigenvalue weighted by Gasteiger charge is 2.59. The molecule has 4 heterocycles. The topological polar surface area (TPSA) is 121 Å².